The van der Waals surface area contributed by atoms with E-state index in [-0.39, 0.29) is 5.91 Å². The third-order valence-corrected chi connectivity index (χ3v) is 3.78. The molecule has 0 aliphatic rings. The fourth-order valence-corrected chi connectivity index (χ4v) is 2.34. The van der Waals surface area contributed by atoms with Gasteiger partial charge in [0.2, 0.25) is 0 Å². The molecule has 0 radical (unpaired) electrons. The molecule has 0 atom stereocenters. The topological polar surface area (TPSA) is 63.2 Å². The average Bonchev–Trinajstić information content (AvgIpc) is 2.65. The van der Waals surface area contributed by atoms with Gasteiger partial charge in [0.05, 0.1) is 19.0 Å². The first-order valence-electron chi connectivity index (χ1n) is 7.90. The number of methoxy groups -OCH3 is 1. The highest BCUT2D eigenvalue weighted by Gasteiger charge is 2.07. The van der Waals surface area contributed by atoms with Gasteiger partial charge in [0.25, 0.3) is 5.91 Å². The van der Waals surface area contributed by atoms with Gasteiger partial charge in [-0.05, 0) is 55.0 Å². The van der Waals surface area contributed by atoms with E-state index in [4.69, 9.17) is 4.74 Å². The Kier molecular flexibility index (Phi) is 4.95. The molecule has 0 unspecified atom stereocenters. The number of benzene rings is 2. The van der Waals surface area contributed by atoms with Crippen LogP contribution < -0.4 is 15.4 Å². The number of pyridine rings is 1. The van der Waals surface area contributed by atoms with Crippen molar-refractivity contribution in [1.82, 2.24) is 4.98 Å². The van der Waals surface area contributed by atoms with Crippen molar-refractivity contribution in [3.8, 4) is 5.75 Å². The van der Waals surface area contributed by atoms with Crippen molar-refractivity contribution in [3.63, 3.8) is 0 Å². The van der Waals surface area contributed by atoms with Gasteiger partial charge >= 0.3 is 0 Å². The van der Waals surface area contributed by atoms with Gasteiger partial charge in [-0.25, -0.2) is 4.98 Å². The molecule has 126 valence electrons. The van der Waals surface area contributed by atoms with Crippen molar-refractivity contribution >= 4 is 23.1 Å². The summed E-state index contributed by atoms with van der Waals surface area (Å²) in [5, 5.41) is 6.09. The van der Waals surface area contributed by atoms with Gasteiger partial charge in [0.15, 0.2) is 0 Å². The molecule has 25 heavy (non-hydrogen) atoms. The van der Waals surface area contributed by atoms with Crippen LogP contribution in [0.2, 0.25) is 0 Å². The van der Waals surface area contributed by atoms with Gasteiger partial charge in [-0.2, -0.15) is 0 Å². The second kappa shape index (κ2) is 7.49. The van der Waals surface area contributed by atoms with E-state index in [0.717, 1.165) is 17.1 Å². The zero-order chi connectivity index (χ0) is 17.6. The number of aryl methyl sites for hydroxylation is 1. The molecule has 0 saturated carbocycles. The number of carbonyl (C=O) groups excluding carboxylic acids is 1. The molecule has 1 aromatic heterocycles. The number of hydrogen-bond donors (Lipinski definition) is 2. The molecule has 1 amide bonds. The predicted molar refractivity (Wildman–Crippen MR) is 99.6 cm³/mol. The second-order valence-electron chi connectivity index (χ2n) is 5.55. The van der Waals surface area contributed by atoms with E-state index in [2.05, 4.69) is 15.6 Å². The zero-order valence-corrected chi connectivity index (χ0v) is 14.1. The van der Waals surface area contributed by atoms with Crippen LogP contribution in [-0.4, -0.2) is 18.0 Å². The van der Waals surface area contributed by atoms with Crippen molar-refractivity contribution in [1.29, 1.82) is 0 Å². The summed E-state index contributed by atoms with van der Waals surface area (Å²) in [4.78, 5) is 16.6. The summed E-state index contributed by atoms with van der Waals surface area (Å²) in [6, 6.07) is 18.6. The zero-order valence-electron chi connectivity index (χ0n) is 14.1. The lowest BCUT2D eigenvalue weighted by molar-refractivity contribution is 0.102. The second-order valence-corrected chi connectivity index (χ2v) is 5.55. The fourth-order valence-electron chi connectivity index (χ4n) is 2.34. The van der Waals surface area contributed by atoms with Crippen molar-refractivity contribution < 1.29 is 9.53 Å². The molecular weight excluding hydrogens is 314 g/mol. The monoisotopic (exact) mass is 333 g/mol. The van der Waals surface area contributed by atoms with E-state index >= 15 is 0 Å². The van der Waals surface area contributed by atoms with Crippen molar-refractivity contribution in [2.24, 2.45) is 0 Å². The highest BCUT2D eigenvalue weighted by molar-refractivity contribution is 6.04. The van der Waals surface area contributed by atoms with E-state index in [1.165, 1.54) is 0 Å². The summed E-state index contributed by atoms with van der Waals surface area (Å²) in [6.07, 6.45) is 1.63. The minimum Gasteiger partial charge on any atom is -0.497 e. The molecule has 5 heteroatoms. The van der Waals surface area contributed by atoms with Crippen molar-refractivity contribution in [2.75, 3.05) is 17.7 Å². The minimum absolute atomic E-state index is 0.191. The van der Waals surface area contributed by atoms with Crippen molar-refractivity contribution in [2.45, 2.75) is 6.92 Å². The number of nitrogens with zero attached hydrogens (tertiary/aromatic N) is 1. The number of para-hydroxylation sites is 1. The molecule has 0 aliphatic heterocycles. The van der Waals surface area contributed by atoms with Crippen LogP contribution in [0.4, 0.5) is 17.2 Å². The molecule has 2 aromatic carbocycles. The Morgan fingerprint density at radius 1 is 1.00 bits per heavy atom. The molecular formula is C20H19N3O2. The van der Waals surface area contributed by atoms with Gasteiger partial charge in [0.1, 0.15) is 11.6 Å². The molecule has 5 nitrogen and oxygen atoms in total. The molecule has 0 aliphatic carbocycles. The number of ether oxygens (including phenoxy) is 1. The summed E-state index contributed by atoms with van der Waals surface area (Å²) < 4.78 is 5.09. The fraction of sp³-hybridized carbons (Fsp3) is 0.100. The van der Waals surface area contributed by atoms with E-state index in [0.29, 0.717) is 17.0 Å². The highest BCUT2D eigenvalue weighted by Crippen LogP contribution is 2.20. The number of aromatic nitrogens is 1. The van der Waals surface area contributed by atoms with Gasteiger partial charge in [-0.3, -0.25) is 4.79 Å². The van der Waals surface area contributed by atoms with Crippen LogP contribution in [0.5, 0.6) is 5.75 Å². The van der Waals surface area contributed by atoms with Crippen LogP contribution in [0, 0.1) is 6.92 Å². The van der Waals surface area contributed by atoms with Gasteiger partial charge in [-0.1, -0.05) is 18.2 Å². The van der Waals surface area contributed by atoms with Crippen LogP contribution >= 0.6 is 0 Å². The van der Waals surface area contributed by atoms with Gasteiger partial charge < -0.3 is 15.4 Å². The van der Waals surface area contributed by atoms with Crippen molar-refractivity contribution in [3.05, 3.63) is 78.0 Å². The quantitative estimate of drug-likeness (QED) is 0.727. The molecule has 3 rings (SSSR count). The third kappa shape index (κ3) is 4.14. The minimum atomic E-state index is -0.191. The Bertz CT molecular complexity index is 859. The van der Waals surface area contributed by atoms with E-state index in [1.807, 2.05) is 43.3 Å². The Morgan fingerprint density at radius 3 is 2.40 bits per heavy atom. The maximum atomic E-state index is 12.2. The maximum Gasteiger partial charge on any atom is 0.255 e. The first-order valence-corrected chi connectivity index (χ1v) is 7.90. The molecule has 3 aromatic rings. The SMILES string of the molecule is COc1ccc(C(=O)Nc2ccc(Nc3ccccc3C)nc2)cc1. The number of nitrogens with one attached hydrogen (secondary N) is 2. The normalized spacial score (nSPS) is 10.2. The summed E-state index contributed by atoms with van der Waals surface area (Å²) in [6.45, 7) is 2.03. The van der Waals surface area contributed by atoms with Crippen LogP contribution in [0.3, 0.4) is 0 Å². The first kappa shape index (κ1) is 16.5. The average molecular weight is 333 g/mol. The Balaban J connectivity index is 1.65. The third-order valence-electron chi connectivity index (χ3n) is 3.78. The largest absolute Gasteiger partial charge is 0.497 e. The summed E-state index contributed by atoms with van der Waals surface area (Å²) in [5.74, 6) is 1.24. The molecule has 0 fully saturated rings. The smallest absolute Gasteiger partial charge is 0.255 e. The Morgan fingerprint density at radius 2 is 1.76 bits per heavy atom. The molecule has 1 heterocycles. The van der Waals surface area contributed by atoms with Crippen LogP contribution in [0.1, 0.15) is 15.9 Å². The van der Waals surface area contributed by atoms with E-state index < -0.39 is 0 Å². The van der Waals surface area contributed by atoms with E-state index in [9.17, 15) is 4.79 Å². The highest BCUT2D eigenvalue weighted by atomic mass is 16.5. The summed E-state index contributed by atoms with van der Waals surface area (Å²) in [7, 11) is 1.59. The van der Waals surface area contributed by atoms with Gasteiger partial charge in [0, 0.05) is 11.3 Å². The number of amides is 1. The maximum absolute atomic E-state index is 12.2. The summed E-state index contributed by atoms with van der Waals surface area (Å²) >= 11 is 0. The van der Waals surface area contributed by atoms with Crippen LogP contribution in [0.25, 0.3) is 0 Å². The molecule has 2 N–H and O–H groups in total. The number of anilines is 3. The first-order chi connectivity index (χ1) is 12.2. The Hall–Kier alpha value is -3.34. The van der Waals surface area contributed by atoms with E-state index in [1.54, 1.807) is 37.6 Å². The molecule has 0 saturated heterocycles. The molecule has 0 bridgehead atoms. The number of hydrogen-bond acceptors (Lipinski definition) is 4. The number of rotatable bonds is 5. The number of carbonyl (C=O) groups is 1. The predicted octanol–water partition coefficient (Wildman–Crippen LogP) is 4.39. The summed E-state index contributed by atoms with van der Waals surface area (Å²) in [5.41, 5.74) is 3.34. The van der Waals surface area contributed by atoms with Crippen LogP contribution in [0.15, 0.2) is 66.9 Å². The standard InChI is InChI=1S/C20H19N3O2/c1-14-5-3-4-6-18(14)23-19-12-9-16(13-21-19)22-20(24)15-7-10-17(25-2)11-8-15/h3-13H,1-2H3,(H,21,23)(H,22,24). The Labute approximate surface area is 146 Å². The lowest BCUT2D eigenvalue weighted by Gasteiger charge is -2.10. The lowest BCUT2D eigenvalue weighted by atomic mass is 10.2. The van der Waals surface area contributed by atoms with Crippen LogP contribution in [-0.2, 0) is 0 Å². The lowest BCUT2D eigenvalue weighted by Crippen LogP contribution is -2.12. The molecule has 0 spiro atoms. The van der Waals surface area contributed by atoms with Gasteiger partial charge in [-0.15, -0.1) is 0 Å².